The fourth-order valence-electron chi connectivity index (χ4n) is 2.46. The lowest BCUT2D eigenvalue weighted by Crippen LogP contribution is -2.36. The van der Waals surface area contributed by atoms with Crippen molar-refractivity contribution < 1.29 is 19.0 Å². The molecule has 7 heteroatoms. The highest BCUT2D eigenvalue weighted by Gasteiger charge is 2.19. The van der Waals surface area contributed by atoms with Crippen LogP contribution in [0.3, 0.4) is 0 Å². The molecule has 7 nitrogen and oxygen atoms in total. The highest BCUT2D eigenvalue weighted by atomic mass is 16.5. The number of carbonyl (C=O) groups excluding carboxylic acids is 1. The fourth-order valence-corrected chi connectivity index (χ4v) is 2.46. The number of carbonyl (C=O) groups is 1. The predicted molar refractivity (Wildman–Crippen MR) is 86.8 cm³/mol. The molecule has 0 saturated carbocycles. The molecule has 0 aromatic carbocycles. The first kappa shape index (κ1) is 17.5. The van der Waals surface area contributed by atoms with Gasteiger partial charge in [-0.2, -0.15) is 0 Å². The lowest BCUT2D eigenvalue weighted by molar-refractivity contribution is 0.00354. The van der Waals surface area contributed by atoms with Crippen LogP contribution < -0.4 is 15.4 Å². The first-order valence-corrected chi connectivity index (χ1v) is 7.91. The summed E-state index contributed by atoms with van der Waals surface area (Å²) in [4.78, 5) is 16.0. The number of amides is 2. The normalized spacial score (nSPS) is 20.8. The number of aromatic nitrogens is 1. The van der Waals surface area contributed by atoms with Gasteiger partial charge in [0.25, 0.3) is 0 Å². The zero-order valence-electron chi connectivity index (χ0n) is 13.7. The Morgan fingerprint density at radius 2 is 2.30 bits per heavy atom. The molecule has 1 fully saturated rings. The second-order valence-electron chi connectivity index (χ2n) is 5.63. The van der Waals surface area contributed by atoms with Gasteiger partial charge in [0.05, 0.1) is 24.6 Å². The molecule has 2 amide bonds. The van der Waals surface area contributed by atoms with Crippen molar-refractivity contribution in [3.63, 3.8) is 0 Å². The SMILES string of the molecule is COCCOc1ccc(NC(=O)NC[C@@H]2CCO[C@H](C)C2)cn1. The van der Waals surface area contributed by atoms with Crippen molar-refractivity contribution in [2.45, 2.75) is 25.9 Å². The Bertz CT molecular complexity index is 481. The van der Waals surface area contributed by atoms with E-state index in [2.05, 4.69) is 22.5 Å². The fraction of sp³-hybridized carbons (Fsp3) is 0.625. The van der Waals surface area contributed by atoms with E-state index >= 15 is 0 Å². The van der Waals surface area contributed by atoms with Crippen LogP contribution in [0.1, 0.15) is 19.8 Å². The minimum Gasteiger partial charge on any atom is -0.475 e. The maximum absolute atomic E-state index is 11.9. The van der Waals surface area contributed by atoms with Crippen LogP contribution in [0.15, 0.2) is 18.3 Å². The second kappa shape index (κ2) is 9.32. The minimum atomic E-state index is -0.223. The minimum absolute atomic E-state index is 0.223. The van der Waals surface area contributed by atoms with Gasteiger partial charge in [0.1, 0.15) is 6.61 Å². The quantitative estimate of drug-likeness (QED) is 0.751. The van der Waals surface area contributed by atoms with Crippen LogP contribution in [-0.4, -0.2) is 50.6 Å². The van der Waals surface area contributed by atoms with Crippen LogP contribution in [-0.2, 0) is 9.47 Å². The van der Waals surface area contributed by atoms with Crippen molar-refractivity contribution in [2.75, 3.05) is 38.8 Å². The number of nitrogens with one attached hydrogen (secondary N) is 2. The Morgan fingerprint density at radius 1 is 1.43 bits per heavy atom. The van der Waals surface area contributed by atoms with Crippen LogP contribution in [0.5, 0.6) is 5.88 Å². The summed E-state index contributed by atoms with van der Waals surface area (Å²) in [5, 5.41) is 5.66. The van der Waals surface area contributed by atoms with Crippen molar-refractivity contribution in [1.29, 1.82) is 0 Å². The van der Waals surface area contributed by atoms with E-state index in [0.29, 0.717) is 37.2 Å². The molecule has 1 aromatic rings. The molecule has 128 valence electrons. The Kier molecular flexibility index (Phi) is 7.09. The molecule has 0 aliphatic carbocycles. The number of methoxy groups -OCH3 is 1. The largest absolute Gasteiger partial charge is 0.475 e. The number of ether oxygens (including phenoxy) is 3. The van der Waals surface area contributed by atoms with Crippen molar-refractivity contribution >= 4 is 11.7 Å². The maximum atomic E-state index is 11.9. The van der Waals surface area contributed by atoms with Crippen LogP contribution in [0, 0.1) is 5.92 Å². The van der Waals surface area contributed by atoms with Gasteiger partial charge in [0, 0.05) is 26.3 Å². The number of anilines is 1. The van der Waals surface area contributed by atoms with Crippen molar-refractivity contribution in [1.82, 2.24) is 10.3 Å². The van der Waals surface area contributed by atoms with E-state index in [4.69, 9.17) is 14.2 Å². The van der Waals surface area contributed by atoms with E-state index in [1.165, 1.54) is 0 Å². The van der Waals surface area contributed by atoms with Gasteiger partial charge in [-0.1, -0.05) is 0 Å². The van der Waals surface area contributed by atoms with Crippen molar-refractivity contribution in [3.8, 4) is 5.88 Å². The molecule has 1 aliphatic rings. The van der Waals surface area contributed by atoms with Crippen LogP contribution in [0.25, 0.3) is 0 Å². The van der Waals surface area contributed by atoms with E-state index in [-0.39, 0.29) is 12.1 Å². The zero-order chi connectivity index (χ0) is 16.5. The van der Waals surface area contributed by atoms with Crippen LogP contribution in [0.4, 0.5) is 10.5 Å². The van der Waals surface area contributed by atoms with E-state index < -0.39 is 0 Å². The molecule has 1 aliphatic heterocycles. The topological polar surface area (TPSA) is 81.7 Å². The summed E-state index contributed by atoms with van der Waals surface area (Å²) in [5.41, 5.74) is 0.627. The highest BCUT2D eigenvalue weighted by Crippen LogP contribution is 2.19. The van der Waals surface area contributed by atoms with E-state index in [0.717, 1.165) is 19.4 Å². The summed E-state index contributed by atoms with van der Waals surface area (Å²) in [6, 6.07) is 3.25. The lowest BCUT2D eigenvalue weighted by atomic mass is 9.96. The molecule has 23 heavy (non-hydrogen) atoms. The van der Waals surface area contributed by atoms with Gasteiger partial charge in [0.2, 0.25) is 5.88 Å². The molecule has 0 unspecified atom stereocenters. The average molecular weight is 323 g/mol. The number of rotatable bonds is 7. The standard InChI is InChI=1S/C16H25N3O4/c1-12-9-13(5-6-22-12)10-18-16(20)19-14-3-4-15(17-11-14)23-8-7-21-2/h3-4,11-13H,5-10H2,1-2H3,(H2,18,19,20)/t12-,13-/m1/s1. The third-order valence-electron chi connectivity index (χ3n) is 3.68. The molecular formula is C16H25N3O4. The Balaban J connectivity index is 1.70. The average Bonchev–Trinajstić information content (AvgIpc) is 2.55. The molecule has 2 heterocycles. The summed E-state index contributed by atoms with van der Waals surface area (Å²) in [7, 11) is 1.61. The van der Waals surface area contributed by atoms with Crippen molar-refractivity contribution in [2.24, 2.45) is 5.92 Å². The first-order valence-electron chi connectivity index (χ1n) is 7.91. The highest BCUT2D eigenvalue weighted by molar-refractivity contribution is 5.88. The summed E-state index contributed by atoms with van der Waals surface area (Å²) < 4.78 is 15.8. The molecule has 0 bridgehead atoms. The molecule has 1 aromatic heterocycles. The molecular weight excluding hydrogens is 298 g/mol. The lowest BCUT2D eigenvalue weighted by Gasteiger charge is -2.27. The molecule has 2 atom stereocenters. The summed E-state index contributed by atoms with van der Waals surface area (Å²) in [5.74, 6) is 0.975. The number of hydrogen-bond acceptors (Lipinski definition) is 5. The molecule has 0 spiro atoms. The monoisotopic (exact) mass is 323 g/mol. The van der Waals surface area contributed by atoms with Gasteiger partial charge in [-0.3, -0.25) is 0 Å². The maximum Gasteiger partial charge on any atom is 0.319 e. The summed E-state index contributed by atoms with van der Waals surface area (Å²) in [6.07, 6.45) is 3.81. The number of hydrogen-bond donors (Lipinski definition) is 2. The Labute approximate surface area is 136 Å². The number of urea groups is 1. The van der Waals surface area contributed by atoms with Gasteiger partial charge in [-0.05, 0) is 31.7 Å². The number of pyridine rings is 1. The Morgan fingerprint density at radius 3 is 3.00 bits per heavy atom. The molecule has 0 radical (unpaired) electrons. The Hall–Kier alpha value is -1.86. The molecule has 2 N–H and O–H groups in total. The second-order valence-corrected chi connectivity index (χ2v) is 5.63. The van der Waals surface area contributed by atoms with Crippen molar-refractivity contribution in [3.05, 3.63) is 18.3 Å². The van der Waals surface area contributed by atoms with Gasteiger partial charge < -0.3 is 24.8 Å². The third kappa shape index (κ3) is 6.42. The van der Waals surface area contributed by atoms with Crippen LogP contribution in [0.2, 0.25) is 0 Å². The smallest absolute Gasteiger partial charge is 0.319 e. The van der Waals surface area contributed by atoms with E-state index in [1.807, 2.05) is 0 Å². The molecule has 2 rings (SSSR count). The van der Waals surface area contributed by atoms with Gasteiger partial charge in [-0.15, -0.1) is 0 Å². The summed E-state index contributed by atoms with van der Waals surface area (Å²) in [6.45, 7) is 4.44. The third-order valence-corrected chi connectivity index (χ3v) is 3.68. The number of nitrogens with zero attached hydrogens (tertiary/aromatic N) is 1. The first-order chi connectivity index (χ1) is 11.2. The van der Waals surface area contributed by atoms with E-state index in [9.17, 15) is 4.79 Å². The van der Waals surface area contributed by atoms with Gasteiger partial charge in [0.15, 0.2) is 0 Å². The zero-order valence-corrected chi connectivity index (χ0v) is 13.7. The predicted octanol–water partition coefficient (Wildman–Crippen LogP) is 2.04. The van der Waals surface area contributed by atoms with Crippen LogP contribution >= 0.6 is 0 Å². The van der Waals surface area contributed by atoms with Gasteiger partial charge in [-0.25, -0.2) is 9.78 Å². The molecule has 1 saturated heterocycles. The van der Waals surface area contributed by atoms with Gasteiger partial charge >= 0.3 is 6.03 Å². The van der Waals surface area contributed by atoms with E-state index in [1.54, 1.807) is 25.4 Å². The summed E-state index contributed by atoms with van der Waals surface area (Å²) >= 11 is 0.